The van der Waals surface area contributed by atoms with E-state index in [1.54, 1.807) is 18.3 Å². The van der Waals surface area contributed by atoms with Crippen molar-refractivity contribution in [3.8, 4) is 0 Å². The number of hydrogen-bond acceptors (Lipinski definition) is 3. The topological polar surface area (TPSA) is 91.1 Å². The van der Waals surface area contributed by atoms with Gasteiger partial charge in [0, 0.05) is 23.6 Å². The molecule has 0 saturated heterocycles. The largest absolute Gasteiger partial charge is 0.361 e. The van der Waals surface area contributed by atoms with Gasteiger partial charge in [-0.2, -0.15) is 4.72 Å². The summed E-state index contributed by atoms with van der Waals surface area (Å²) in [4.78, 5) is 16.1. The molecule has 3 N–H and O–H groups in total. The van der Waals surface area contributed by atoms with Crippen molar-refractivity contribution < 1.29 is 17.6 Å². The summed E-state index contributed by atoms with van der Waals surface area (Å²) in [5, 5.41) is 3.67. The fourth-order valence-corrected chi connectivity index (χ4v) is 4.59. The summed E-state index contributed by atoms with van der Waals surface area (Å²) in [6, 6.07) is 13.1. The monoisotopic (exact) mass is 445 g/mol. The molecule has 2 atom stereocenters. The van der Waals surface area contributed by atoms with Gasteiger partial charge < -0.3 is 10.3 Å². The second-order valence-corrected chi connectivity index (χ2v) is 9.48. The molecule has 0 aliphatic carbocycles. The molecule has 166 valence electrons. The Labute approximate surface area is 182 Å². The highest BCUT2D eigenvalue weighted by Crippen LogP contribution is 2.20. The van der Waals surface area contributed by atoms with Gasteiger partial charge in [0.25, 0.3) is 0 Å². The summed E-state index contributed by atoms with van der Waals surface area (Å²) >= 11 is 0. The molecular formula is C23H28FN3O3S. The average Bonchev–Trinajstić information content (AvgIpc) is 3.13. The number of amides is 1. The van der Waals surface area contributed by atoms with Crippen molar-refractivity contribution in [3.63, 3.8) is 0 Å². The van der Waals surface area contributed by atoms with Crippen LogP contribution in [0.4, 0.5) is 4.39 Å². The summed E-state index contributed by atoms with van der Waals surface area (Å²) in [5.74, 6) is -0.438. The Morgan fingerprint density at radius 3 is 2.55 bits per heavy atom. The second kappa shape index (κ2) is 10.1. The highest BCUT2D eigenvalue weighted by molar-refractivity contribution is 7.89. The number of alkyl halides is 1. The van der Waals surface area contributed by atoms with Crippen molar-refractivity contribution in [3.05, 3.63) is 65.9 Å². The van der Waals surface area contributed by atoms with E-state index >= 15 is 0 Å². The van der Waals surface area contributed by atoms with Gasteiger partial charge in [-0.1, -0.05) is 35.9 Å². The van der Waals surface area contributed by atoms with Gasteiger partial charge in [-0.05, 0) is 56.9 Å². The van der Waals surface area contributed by atoms with Crippen molar-refractivity contribution in [1.29, 1.82) is 0 Å². The van der Waals surface area contributed by atoms with E-state index in [1.165, 1.54) is 19.1 Å². The minimum Gasteiger partial charge on any atom is -0.361 e. The molecule has 0 bridgehead atoms. The van der Waals surface area contributed by atoms with Crippen molar-refractivity contribution in [2.24, 2.45) is 0 Å². The first-order valence-corrected chi connectivity index (χ1v) is 11.8. The van der Waals surface area contributed by atoms with Crippen molar-refractivity contribution >= 4 is 26.8 Å². The van der Waals surface area contributed by atoms with Gasteiger partial charge >= 0.3 is 0 Å². The highest BCUT2D eigenvalue weighted by Gasteiger charge is 2.26. The van der Waals surface area contributed by atoms with E-state index in [0.717, 1.165) is 22.0 Å². The first-order chi connectivity index (χ1) is 14.8. The van der Waals surface area contributed by atoms with Crippen LogP contribution in [0.2, 0.25) is 0 Å². The number of nitrogens with one attached hydrogen (secondary N) is 3. The Hall–Kier alpha value is -2.71. The number of carbonyl (C=O) groups is 1. The average molecular weight is 446 g/mol. The molecule has 0 saturated carbocycles. The maximum Gasteiger partial charge on any atom is 0.241 e. The third-order valence-corrected chi connectivity index (χ3v) is 6.61. The van der Waals surface area contributed by atoms with Crippen LogP contribution in [0.1, 0.15) is 30.9 Å². The third kappa shape index (κ3) is 6.15. The first kappa shape index (κ1) is 23.0. The number of rotatable bonds is 10. The van der Waals surface area contributed by atoms with Crippen LogP contribution < -0.4 is 10.0 Å². The Balaban J connectivity index is 1.81. The fourth-order valence-electron chi connectivity index (χ4n) is 3.40. The number of aromatic nitrogens is 1. The zero-order chi connectivity index (χ0) is 22.4. The lowest BCUT2D eigenvalue weighted by atomic mass is 10.0. The molecule has 0 radical (unpaired) electrons. The smallest absolute Gasteiger partial charge is 0.241 e. The van der Waals surface area contributed by atoms with Gasteiger partial charge in [-0.3, -0.25) is 4.79 Å². The Morgan fingerprint density at radius 2 is 1.84 bits per heavy atom. The lowest BCUT2D eigenvalue weighted by molar-refractivity contribution is -0.122. The molecule has 1 unspecified atom stereocenters. The maximum absolute atomic E-state index is 13.0. The Kier molecular flexibility index (Phi) is 7.46. The fraction of sp³-hybridized carbons (Fsp3) is 0.348. The van der Waals surface area contributed by atoms with Crippen LogP contribution in [-0.4, -0.2) is 38.1 Å². The quantitative estimate of drug-likeness (QED) is 0.416. The van der Waals surface area contributed by atoms with Crippen LogP contribution in [0, 0.1) is 6.92 Å². The molecule has 31 heavy (non-hydrogen) atoms. The van der Waals surface area contributed by atoms with Crippen LogP contribution >= 0.6 is 0 Å². The maximum atomic E-state index is 13.0. The number of halogens is 1. The summed E-state index contributed by atoms with van der Waals surface area (Å²) in [6.45, 7) is 3.62. The predicted molar refractivity (Wildman–Crippen MR) is 120 cm³/mol. The van der Waals surface area contributed by atoms with E-state index in [9.17, 15) is 17.6 Å². The number of fused-ring (bicyclic) bond motifs is 1. The Bertz CT molecular complexity index is 1120. The third-order valence-electron chi connectivity index (χ3n) is 5.12. The molecule has 2 aromatic carbocycles. The SMILES string of the molecule is Cc1ccc(S(=O)(=O)N[C@@H](Cc2c[nH]c3ccccc23)C(=O)NCCCC(C)F)cc1. The minimum absolute atomic E-state index is 0.0982. The van der Waals surface area contributed by atoms with E-state index in [4.69, 9.17) is 0 Å². The molecule has 8 heteroatoms. The zero-order valence-electron chi connectivity index (χ0n) is 17.7. The molecular weight excluding hydrogens is 417 g/mol. The van der Waals surface area contributed by atoms with E-state index in [-0.39, 0.29) is 17.9 Å². The standard InChI is InChI=1S/C23H28FN3O3S/c1-16-9-11-19(12-10-16)31(29,30)27-22(23(28)25-13-5-6-17(2)24)14-18-15-26-21-8-4-3-7-20(18)21/h3-4,7-12,15,17,22,26-27H,5-6,13-14H2,1-2H3,(H,25,28)/t17?,22-/m0/s1. The summed E-state index contributed by atoms with van der Waals surface area (Å²) in [5.41, 5.74) is 2.68. The number of sulfonamides is 1. The van der Waals surface area contributed by atoms with Gasteiger partial charge in [0.05, 0.1) is 11.1 Å². The van der Waals surface area contributed by atoms with E-state index in [0.29, 0.717) is 12.8 Å². The highest BCUT2D eigenvalue weighted by atomic mass is 32.2. The van der Waals surface area contributed by atoms with Crippen LogP contribution in [0.15, 0.2) is 59.6 Å². The molecule has 1 heterocycles. The molecule has 1 aromatic heterocycles. The number of carbonyl (C=O) groups excluding carboxylic acids is 1. The lowest BCUT2D eigenvalue weighted by Crippen LogP contribution is -2.48. The molecule has 1 amide bonds. The number of aromatic amines is 1. The number of para-hydroxylation sites is 1. The second-order valence-electron chi connectivity index (χ2n) is 7.76. The van der Waals surface area contributed by atoms with Crippen LogP contribution in [0.25, 0.3) is 10.9 Å². The number of hydrogen-bond donors (Lipinski definition) is 3. The lowest BCUT2D eigenvalue weighted by Gasteiger charge is -2.19. The van der Waals surface area contributed by atoms with Gasteiger partial charge in [-0.15, -0.1) is 0 Å². The Morgan fingerprint density at radius 1 is 1.13 bits per heavy atom. The predicted octanol–water partition coefficient (Wildman–Crippen LogP) is 3.62. The molecule has 3 rings (SSSR count). The summed E-state index contributed by atoms with van der Waals surface area (Å²) < 4.78 is 41.4. The first-order valence-electron chi connectivity index (χ1n) is 10.3. The zero-order valence-corrected chi connectivity index (χ0v) is 18.5. The minimum atomic E-state index is -3.90. The summed E-state index contributed by atoms with van der Waals surface area (Å²) in [7, 11) is -3.90. The number of aryl methyl sites for hydroxylation is 1. The normalized spacial score (nSPS) is 13.8. The van der Waals surface area contributed by atoms with Gasteiger partial charge in [0.1, 0.15) is 6.04 Å². The van der Waals surface area contributed by atoms with Crippen molar-refractivity contribution in [2.75, 3.05) is 6.54 Å². The van der Waals surface area contributed by atoms with Crippen LogP contribution in [0.5, 0.6) is 0 Å². The van der Waals surface area contributed by atoms with E-state index in [1.807, 2.05) is 31.2 Å². The molecule has 0 fully saturated rings. The summed E-state index contributed by atoms with van der Waals surface area (Å²) in [6.07, 6.45) is 1.84. The van der Waals surface area contributed by atoms with Gasteiger partial charge in [0.2, 0.25) is 15.9 Å². The van der Waals surface area contributed by atoms with E-state index in [2.05, 4.69) is 15.0 Å². The van der Waals surface area contributed by atoms with Crippen molar-refractivity contribution in [2.45, 2.75) is 50.2 Å². The van der Waals surface area contributed by atoms with Gasteiger partial charge in [0.15, 0.2) is 0 Å². The van der Waals surface area contributed by atoms with Crippen LogP contribution in [-0.2, 0) is 21.2 Å². The molecule has 0 aliphatic rings. The van der Waals surface area contributed by atoms with Crippen LogP contribution in [0.3, 0.4) is 0 Å². The number of benzene rings is 2. The van der Waals surface area contributed by atoms with E-state index < -0.39 is 28.1 Å². The van der Waals surface area contributed by atoms with Gasteiger partial charge in [-0.25, -0.2) is 12.8 Å². The molecule has 0 aliphatic heterocycles. The molecule has 3 aromatic rings. The molecule has 6 nitrogen and oxygen atoms in total. The number of H-pyrrole nitrogens is 1. The molecule has 0 spiro atoms. The van der Waals surface area contributed by atoms with Crippen molar-refractivity contribution in [1.82, 2.24) is 15.0 Å².